The van der Waals surface area contributed by atoms with E-state index >= 15 is 0 Å². The molecule has 2 rings (SSSR count). The van der Waals surface area contributed by atoms with E-state index in [1.165, 1.54) is 6.07 Å². The van der Waals surface area contributed by atoms with Gasteiger partial charge in [0, 0.05) is 0 Å². The number of phenols is 1. The summed E-state index contributed by atoms with van der Waals surface area (Å²) in [6, 6.07) is 3.41. The molecule has 2 aromatic carbocycles. The van der Waals surface area contributed by atoms with Crippen LogP contribution in [0.2, 0.25) is 0 Å². The fraction of sp³-hybridized carbons (Fsp3) is 0. The summed E-state index contributed by atoms with van der Waals surface area (Å²) in [5.74, 6) is -4.63. The molecule has 0 aliphatic carbocycles. The minimum atomic E-state index is -1.39. The molecule has 0 radical (unpaired) electrons. The second kappa shape index (κ2) is 3.05. The van der Waals surface area contributed by atoms with Gasteiger partial charge in [0.15, 0.2) is 23.2 Å². The SMILES string of the molecule is Nc1cc2ccc(O)c(F)c2c(F)c1F. The van der Waals surface area contributed by atoms with Crippen LogP contribution < -0.4 is 5.73 Å². The molecule has 0 atom stereocenters. The molecule has 0 bridgehead atoms. The van der Waals surface area contributed by atoms with Crippen LogP contribution >= 0.6 is 0 Å². The van der Waals surface area contributed by atoms with E-state index in [-0.39, 0.29) is 5.39 Å². The topological polar surface area (TPSA) is 46.2 Å². The highest BCUT2D eigenvalue weighted by Gasteiger charge is 2.16. The van der Waals surface area contributed by atoms with E-state index in [0.717, 1.165) is 12.1 Å². The van der Waals surface area contributed by atoms with Gasteiger partial charge in [-0.1, -0.05) is 6.07 Å². The van der Waals surface area contributed by atoms with E-state index in [2.05, 4.69) is 0 Å². The molecule has 2 aromatic rings. The predicted molar refractivity (Wildman–Crippen MR) is 49.9 cm³/mol. The van der Waals surface area contributed by atoms with Crippen molar-refractivity contribution in [2.24, 2.45) is 0 Å². The number of phenolic OH excluding ortho intramolecular Hbond substituents is 1. The molecule has 0 heterocycles. The van der Waals surface area contributed by atoms with Crippen LogP contribution in [-0.2, 0) is 0 Å². The number of aromatic hydroxyl groups is 1. The Morgan fingerprint density at radius 2 is 1.67 bits per heavy atom. The number of nitrogens with two attached hydrogens (primary N) is 1. The monoisotopic (exact) mass is 213 g/mol. The van der Waals surface area contributed by atoms with Crippen molar-refractivity contribution in [2.45, 2.75) is 0 Å². The van der Waals surface area contributed by atoms with E-state index < -0.39 is 34.3 Å². The quantitative estimate of drug-likeness (QED) is 0.660. The summed E-state index contributed by atoms with van der Waals surface area (Å²) in [6.07, 6.45) is 0. The molecule has 0 aliphatic heterocycles. The Morgan fingerprint density at radius 1 is 1.00 bits per heavy atom. The normalized spacial score (nSPS) is 10.9. The Balaban J connectivity index is 3.00. The molecule has 0 unspecified atom stereocenters. The summed E-state index contributed by atoms with van der Waals surface area (Å²) in [5, 5.41) is 8.51. The van der Waals surface area contributed by atoms with E-state index in [4.69, 9.17) is 10.8 Å². The maximum absolute atomic E-state index is 13.3. The molecule has 0 fully saturated rings. The minimum absolute atomic E-state index is 0.0988. The van der Waals surface area contributed by atoms with Crippen molar-refractivity contribution in [3.63, 3.8) is 0 Å². The van der Waals surface area contributed by atoms with E-state index in [0.29, 0.717) is 0 Å². The van der Waals surface area contributed by atoms with Crippen molar-refractivity contribution in [3.05, 3.63) is 35.7 Å². The van der Waals surface area contributed by atoms with Crippen LogP contribution in [0.5, 0.6) is 5.75 Å². The van der Waals surface area contributed by atoms with E-state index in [1.807, 2.05) is 0 Å². The first kappa shape index (κ1) is 9.64. The van der Waals surface area contributed by atoms with Crippen LogP contribution in [0.4, 0.5) is 18.9 Å². The highest BCUT2D eigenvalue weighted by Crippen LogP contribution is 2.31. The number of halogens is 3. The van der Waals surface area contributed by atoms with Crippen molar-refractivity contribution >= 4 is 16.5 Å². The summed E-state index contributed by atoms with van der Waals surface area (Å²) < 4.78 is 39.6. The summed E-state index contributed by atoms with van der Waals surface area (Å²) in [5.41, 5.74) is 4.78. The molecule has 3 N–H and O–H groups in total. The van der Waals surface area contributed by atoms with Crippen LogP contribution in [0.1, 0.15) is 0 Å². The zero-order valence-electron chi connectivity index (χ0n) is 7.39. The average molecular weight is 213 g/mol. The lowest BCUT2D eigenvalue weighted by atomic mass is 10.1. The van der Waals surface area contributed by atoms with Crippen LogP contribution in [0, 0.1) is 17.5 Å². The third kappa shape index (κ3) is 1.27. The van der Waals surface area contributed by atoms with Crippen molar-refractivity contribution in [1.82, 2.24) is 0 Å². The molecule has 0 spiro atoms. The van der Waals surface area contributed by atoms with Gasteiger partial charge in [-0.15, -0.1) is 0 Å². The number of hydrogen-bond acceptors (Lipinski definition) is 2. The standard InChI is InChI=1S/C10H6F3NO/c11-8-5(14)3-4-1-2-6(15)9(12)7(4)10(8)13/h1-3,15H,14H2. The highest BCUT2D eigenvalue weighted by atomic mass is 19.2. The number of fused-ring (bicyclic) bond motifs is 1. The highest BCUT2D eigenvalue weighted by molar-refractivity contribution is 5.88. The molecule has 0 amide bonds. The van der Waals surface area contributed by atoms with Crippen molar-refractivity contribution in [2.75, 3.05) is 5.73 Å². The zero-order chi connectivity index (χ0) is 11.2. The van der Waals surface area contributed by atoms with Crippen LogP contribution in [0.25, 0.3) is 10.8 Å². The van der Waals surface area contributed by atoms with Crippen molar-refractivity contribution in [3.8, 4) is 5.75 Å². The number of rotatable bonds is 0. The molecule has 0 saturated carbocycles. The summed E-state index contributed by atoms with van der Waals surface area (Å²) in [7, 11) is 0. The van der Waals surface area contributed by atoms with Gasteiger partial charge in [-0.05, 0) is 17.5 Å². The summed E-state index contributed by atoms with van der Waals surface area (Å²) in [6.45, 7) is 0. The molecule has 0 aliphatic rings. The van der Waals surface area contributed by atoms with Gasteiger partial charge >= 0.3 is 0 Å². The Hall–Kier alpha value is -1.91. The Labute approximate surface area is 82.7 Å². The Morgan fingerprint density at radius 3 is 2.33 bits per heavy atom. The molecule has 15 heavy (non-hydrogen) atoms. The first-order valence-corrected chi connectivity index (χ1v) is 4.07. The fourth-order valence-corrected chi connectivity index (χ4v) is 1.39. The second-order valence-corrected chi connectivity index (χ2v) is 3.09. The number of hydrogen-bond donors (Lipinski definition) is 2. The smallest absolute Gasteiger partial charge is 0.182 e. The van der Waals surface area contributed by atoms with Crippen molar-refractivity contribution < 1.29 is 18.3 Å². The first-order chi connectivity index (χ1) is 7.02. The lowest BCUT2D eigenvalue weighted by Gasteiger charge is -2.05. The molecule has 5 heteroatoms. The van der Waals surface area contributed by atoms with Gasteiger partial charge in [0.25, 0.3) is 0 Å². The molecule has 0 aromatic heterocycles. The maximum Gasteiger partial charge on any atom is 0.182 e. The molecular formula is C10H6F3NO. The lowest BCUT2D eigenvalue weighted by molar-refractivity contribution is 0.433. The minimum Gasteiger partial charge on any atom is -0.505 e. The third-order valence-corrected chi connectivity index (χ3v) is 2.13. The maximum atomic E-state index is 13.3. The van der Waals surface area contributed by atoms with Gasteiger partial charge < -0.3 is 10.8 Å². The Kier molecular flexibility index (Phi) is 1.96. The second-order valence-electron chi connectivity index (χ2n) is 3.09. The fourth-order valence-electron chi connectivity index (χ4n) is 1.39. The van der Waals surface area contributed by atoms with E-state index in [9.17, 15) is 13.2 Å². The van der Waals surface area contributed by atoms with Crippen LogP contribution in [0.15, 0.2) is 18.2 Å². The summed E-state index contributed by atoms with van der Waals surface area (Å²) >= 11 is 0. The largest absolute Gasteiger partial charge is 0.505 e. The van der Waals surface area contributed by atoms with Gasteiger partial charge in [0.2, 0.25) is 0 Å². The number of nitrogen functional groups attached to an aromatic ring is 1. The van der Waals surface area contributed by atoms with Gasteiger partial charge in [-0.3, -0.25) is 0 Å². The van der Waals surface area contributed by atoms with Crippen molar-refractivity contribution in [1.29, 1.82) is 0 Å². The third-order valence-electron chi connectivity index (χ3n) is 2.13. The van der Waals surface area contributed by atoms with Gasteiger partial charge in [-0.25, -0.2) is 13.2 Å². The van der Waals surface area contributed by atoms with Gasteiger partial charge in [0.05, 0.1) is 11.1 Å². The molecule has 78 valence electrons. The molecule has 0 saturated heterocycles. The van der Waals surface area contributed by atoms with Gasteiger partial charge in [-0.2, -0.15) is 0 Å². The van der Waals surface area contributed by atoms with Gasteiger partial charge in [0.1, 0.15) is 0 Å². The molecular weight excluding hydrogens is 207 g/mol. The first-order valence-electron chi connectivity index (χ1n) is 4.07. The summed E-state index contributed by atoms with van der Waals surface area (Å²) in [4.78, 5) is 0. The lowest BCUT2D eigenvalue weighted by Crippen LogP contribution is -1.97. The van der Waals surface area contributed by atoms with E-state index in [1.54, 1.807) is 0 Å². The average Bonchev–Trinajstić information content (AvgIpc) is 2.20. The van der Waals surface area contributed by atoms with Crippen LogP contribution in [0.3, 0.4) is 0 Å². The number of benzene rings is 2. The predicted octanol–water partition coefficient (Wildman–Crippen LogP) is 2.54. The zero-order valence-corrected chi connectivity index (χ0v) is 7.39. The Bertz CT molecular complexity index is 554. The molecule has 2 nitrogen and oxygen atoms in total. The van der Waals surface area contributed by atoms with Crippen LogP contribution in [-0.4, -0.2) is 5.11 Å². The number of anilines is 1.